The van der Waals surface area contributed by atoms with Crippen LogP contribution in [0.4, 0.5) is 0 Å². The van der Waals surface area contributed by atoms with Crippen molar-refractivity contribution in [2.75, 3.05) is 0 Å². The second-order valence-electron chi connectivity index (χ2n) is 13.5. The summed E-state index contributed by atoms with van der Waals surface area (Å²) in [6.45, 7) is 9.46. The quantitative estimate of drug-likeness (QED) is 0.505. The van der Waals surface area contributed by atoms with Gasteiger partial charge >= 0.3 is 0 Å². The van der Waals surface area contributed by atoms with Crippen LogP contribution in [0.15, 0.2) is 60.0 Å². The highest BCUT2D eigenvalue weighted by molar-refractivity contribution is 5.82. The minimum Gasteiger partial charge on any atom is -0.359 e. The summed E-state index contributed by atoms with van der Waals surface area (Å²) in [7, 11) is 0. The first-order valence-corrected chi connectivity index (χ1v) is 13.9. The fourth-order valence-electron chi connectivity index (χ4n) is 9.01. The zero-order chi connectivity index (χ0) is 24.1. The molecule has 3 aliphatic carbocycles. The van der Waals surface area contributed by atoms with E-state index in [4.69, 9.17) is 4.74 Å². The van der Waals surface area contributed by atoms with Gasteiger partial charge in [-0.2, -0.15) is 0 Å². The Balaban J connectivity index is 1.24. The van der Waals surface area contributed by atoms with Gasteiger partial charge < -0.3 is 10.1 Å². The molecule has 1 aromatic carbocycles. The first kappa shape index (κ1) is 22.2. The highest BCUT2D eigenvalue weighted by atomic mass is 16.5. The van der Waals surface area contributed by atoms with Crippen molar-refractivity contribution in [2.45, 2.75) is 108 Å². The topological polar surface area (TPSA) is 34.2 Å². The number of ether oxygens (including phenoxy) is 1. The van der Waals surface area contributed by atoms with E-state index in [0.29, 0.717) is 17.9 Å². The van der Waals surface area contributed by atoms with E-state index >= 15 is 0 Å². The second-order valence-corrected chi connectivity index (χ2v) is 13.5. The molecule has 3 heteroatoms. The summed E-state index contributed by atoms with van der Waals surface area (Å²) >= 11 is 0. The lowest BCUT2D eigenvalue weighted by Gasteiger charge is -2.54. The van der Waals surface area contributed by atoms with Crippen LogP contribution in [0.25, 0.3) is 10.8 Å². The normalized spacial score (nSPS) is 40.1. The maximum absolute atomic E-state index is 7.47. The molecule has 184 valence electrons. The first-order valence-electron chi connectivity index (χ1n) is 13.9. The van der Waals surface area contributed by atoms with Crippen LogP contribution in [0.1, 0.15) is 90.5 Å². The lowest BCUT2D eigenvalue weighted by molar-refractivity contribution is -0.136. The molecular weight excluding hydrogens is 428 g/mol. The number of rotatable bonds is 2. The Bertz CT molecular complexity index is 1250. The van der Waals surface area contributed by atoms with E-state index in [0.717, 1.165) is 6.42 Å². The number of hydrogen-bond acceptors (Lipinski definition) is 3. The fourth-order valence-corrected chi connectivity index (χ4v) is 9.01. The van der Waals surface area contributed by atoms with Gasteiger partial charge in [0.2, 0.25) is 0 Å². The number of nitrogens with one attached hydrogen (secondary N) is 1. The SMILES string of the molecule is CC(C)(C)N[C@H]1CCC2=CC3=CCC4(C)C(c5ccc6ccncc6c5)CC[C@H]4[C@@]34CC[C@]2(C1)O4. The number of fused-ring (bicyclic) bond motifs is 2. The third-order valence-electron chi connectivity index (χ3n) is 10.4. The van der Waals surface area contributed by atoms with Gasteiger partial charge in [0.25, 0.3) is 0 Å². The number of benzene rings is 1. The number of hydrogen-bond donors (Lipinski definition) is 1. The van der Waals surface area contributed by atoms with Gasteiger partial charge in [-0.15, -0.1) is 0 Å². The minimum atomic E-state index is -0.0761. The van der Waals surface area contributed by atoms with Crippen molar-refractivity contribution < 1.29 is 4.74 Å². The second kappa shape index (κ2) is 7.29. The molecule has 1 saturated heterocycles. The largest absolute Gasteiger partial charge is 0.359 e. The fraction of sp³-hybridized carbons (Fsp3) is 0.594. The Morgan fingerprint density at radius 2 is 1.94 bits per heavy atom. The molecule has 3 nitrogen and oxygen atoms in total. The molecule has 35 heavy (non-hydrogen) atoms. The standard InChI is InChI=1S/C32H40N2O/c1-29(2,3)34-26-8-7-24-18-25-11-13-30(4)27(22-6-5-21-12-16-33-20-23(21)17-22)9-10-28(30)32(25)15-14-31(24,19-26)35-32/h5-6,11-12,16-18,20,26-28,34H,7-10,13-15,19H2,1-4H3/t26-,27?,28+,30?,31+,32+/m0/s1. The van der Waals surface area contributed by atoms with E-state index in [1.165, 1.54) is 66.9 Å². The molecular formula is C32H40N2O. The summed E-state index contributed by atoms with van der Waals surface area (Å²) < 4.78 is 7.47. The maximum atomic E-state index is 7.47. The van der Waals surface area contributed by atoms with E-state index in [2.05, 4.69) is 74.4 Å². The summed E-state index contributed by atoms with van der Waals surface area (Å²) in [6.07, 6.45) is 18.7. The lowest BCUT2D eigenvalue weighted by Crippen LogP contribution is -2.56. The van der Waals surface area contributed by atoms with Crippen LogP contribution >= 0.6 is 0 Å². The minimum absolute atomic E-state index is 0.0382. The van der Waals surface area contributed by atoms with Crippen molar-refractivity contribution in [2.24, 2.45) is 11.3 Å². The molecule has 1 aromatic heterocycles. The van der Waals surface area contributed by atoms with Gasteiger partial charge in [-0.25, -0.2) is 0 Å². The Labute approximate surface area is 210 Å². The predicted octanol–water partition coefficient (Wildman–Crippen LogP) is 7.23. The van der Waals surface area contributed by atoms with Gasteiger partial charge in [-0.05, 0) is 124 Å². The molecule has 2 aliphatic heterocycles. The van der Waals surface area contributed by atoms with Crippen LogP contribution in [0, 0.1) is 11.3 Å². The van der Waals surface area contributed by atoms with Crippen molar-refractivity contribution in [1.82, 2.24) is 10.3 Å². The third-order valence-corrected chi connectivity index (χ3v) is 10.4. The lowest BCUT2D eigenvalue weighted by atomic mass is 9.58. The smallest absolute Gasteiger partial charge is 0.0974 e. The summed E-state index contributed by atoms with van der Waals surface area (Å²) in [5, 5.41) is 6.46. The van der Waals surface area contributed by atoms with E-state index in [1.54, 1.807) is 5.57 Å². The van der Waals surface area contributed by atoms with E-state index in [9.17, 15) is 0 Å². The Kier molecular flexibility index (Phi) is 4.64. The van der Waals surface area contributed by atoms with Crippen LogP contribution in [0.2, 0.25) is 0 Å². The van der Waals surface area contributed by atoms with Gasteiger partial charge in [0, 0.05) is 29.4 Å². The summed E-state index contributed by atoms with van der Waals surface area (Å²) in [4.78, 5) is 4.39. The summed E-state index contributed by atoms with van der Waals surface area (Å²) in [6, 6.07) is 9.77. The number of nitrogens with zero attached hydrogens (tertiary/aromatic N) is 1. The van der Waals surface area contributed by atoms with E-state index in [-0.39, 0.29) is 22.2 Å². The van der Waals surface area contributed by atoms with Crippen molar-refractivity contribution in [3.05, 3.63) is 65.5 Å². The molecule has 5 aliphatic rings. The first-order chi connectivity index (χ1) is 16.7. The van der Waals surface area contributed by atoms with Crippen LogP contribution in [-0.2, 0) is 4.74 Å². The van der Waals surface area contributed by atoms with E-state index < -0.39 is 0 Å². The van der Waals surface area contributed by atoms with Gasteiger partial charge in [-0.1, -0.05) is 31.2 Å². The molecule has 2 saturated carbocycles. The van der Waals surface area contributed by atoms with Crippen LogP contribution < -0.4 is 5.32 Å². The molecule has 1 N–H and O–H groups in total. The highest BCUT2D eigenvalue weighted by Crippen LogP contribution is 2.69. The van der Waals surface area contributed by atoms with Gasteiger partial charge in [0.15, 0.2) is 0 Å². The van der Waals surface area contributed by atoms with Crippen molar-refractivity contribution in [3.63, 3.8) is 0 Å². The molecule has 0 radical (unpaired) electrons. The molecule has 6 atom stereocenters. The summed E-state index contributed by atoms with van der Waals surface area (Å²) in [5.74, 6) is 1.18. The van der Waals surface area contributed by atoms with Crippen molar-refractivity contribution in [3.8, 4) is 0 Å². The van der Waals surface area contributed by atoms with E-state index in [1.807, 2.05) is 12.4 Å². The predicted molar refractivity (Wildman–Crippen MR) is 142 cm³/mol. The summed E-state index contributed by atoms with van der Waals surface area (Å²) in [5.41, 5.74) is 4.88. The molecule has 2 aromatic rings. The van der Waals surface area contributed by atoms with Gasteiger partial charge in [-0.3, -0.25) is 4.98 Å². The molecule has 2 spiro atoms. The average molecular weight is 469 g/mol. The number of pyridine rings is 1. The molecule has 2 bridgehead atoms. The molecule has 7 rings (SSSR count). The Morgan fingerprint density at radius 1 is 1.06 bits per heavy atom. The zero-order valence-electron chi connectivity index (χ0n) is 21.9. The molecule has 0 amide bonds. The van der Waals surface area contributed by atoms with Crippen molar-refractivity contribution >= 4 is 10.8 Å². The van der Waals surface area contributed by atoms with Gasteiger partial charge in [0.05, 0.1) is 11.2 Å². The van der Waals surface area contributed by atoms with Crippen LogP contribution in [0.5, 0.6) is 0 Å². The molecule has 3 fully saturated rings. The number of allylic oxidation sites excluding steroid dienone is 1. The molecule has 3 heterocycles. The Hall–Kier alpha value is -1.97. The van der Waals surface area contributed by atoms with Crippen molar-refractivity contribution in [1.29, 1.82) is 0 Å². The number of aromatic nitrogens is 1. The molecule has 2 unspecified atom stereocenters. The zero-order valence-corrected chi connectivity index (χ0v) is 21.9. The maximum Gasteiger partial charge on any atom is 0.0974 e. The monoisotopic (exact) mass is 468 g/mol. The van der Waals surface area contributed by atoms with Gasteiger partial charge in [0.1, 0.15) is 0 Å². The Morgan fingerprint density at radius 3 is 2.80 bits per heavy atom. The average Bonchev–Trinajstić information content (AvgIpc) is 3.33. The van der Waals surface area contributed by atoms with Crippen LogP contribution in [0.3, 0.4) is 0 Å². The highest BCUT2D eigenvalue weighted by Gasteiger charge is 2.66. The third kappa shape index (κ3) is 3.20. The van der Waals surface area contributed by atoms with Crippen LogP contribution in [-0.4, -0.2) is 27.8 Å².